The Morgan fingerprint density at radius 3 is 2.56 bits per heavy atom. The Morgan fingerprint density at radius 2 is 1.89 bits per heavy atom. The molecule has 1 aromatic carbocycles. The summed E-state index contributed by atoms with van der Waals surface area (Å²) < 4.78 is 1.70. The lowest BCUT2D eigenvalue weighted by Crippen LogP contribution is -2.29. The molecular weight excluding hydrogens is 348 g/mol. The molecule has 3 aromatic rings. The van der Waals surface area contributed by atoms with Crippen LogP contribution in [-0.4, -0.2) is 38.7 Å². The Morgan fingerprint density at radius 1 is 1.19 bits per heavy atom. The van der Waals surface area contributed by atoms with Crippen LogP contribution < -0.4 is 10.6 Å². The number of rotatable bonds is 6. The van der Waals surface area contributed by atoms with Crippen LogP contribution in [0.2, 0.25) is 0 Å². The molecule has 0 bridgehead atoms. The van der Waals surface area contributed by atoms with Gasteiger partial charge in [0.2, 0.25) is 0 Å². The Hall–Kier alpha value is -3.49. The smallest absolute Gasteiger partial charge is 0.269 e. The fourth-order valence-corrected chi connectivity index (χ4v) is 2.84. The summed E-state index contributed by atoms with van der Waals surface area (Å²) in [6, 6.07) is 7.95. The van der Waals surface area contributed by atoms with E-state index < -0.39 is 4.92 Å². The van der Waals surface area contributed by atoms with Gasteiger partial charge in [0.25, 0.3) is 11.6 Å². The zero-order valence-corrected chi connectivity index (χ0v) is 15.3. The summed E-state index contributed by atoms with van der Waals surface area (Å²) in [4.78, 5) is 27.2. The topological polar surface area (TPSA) is 115 Å². The second kappa shape index (κ2) is 7.40. The number of benzene rings is 1. The number of amides is 1. The lowest BCUT2D eigenvalue weighted by molar-refractivity contribution is -0.384. The zero-order chi connectivity index (χ0) is 19.6. The largest absolute Gasteiger partial charge is 0.383 e. The summed E-state index contributed by atoms with van der Waals surface area (Å²) in [5.41, 5.74) is 3.54. The Balaban J connectivity index is 1.59. The molecule has 2 heterocycles. The molecule has 0 saturated heterocycles. The number of nitro benzene ring substituents is 1. The van der Waals surface area contributed by atoms with E-state index in [2.05, 4.69) is 20.7 Å². The lowest BCUT2D eigenvalue weighted by Gasteiger charge is -2.09. The van der Waals surface area contributed by atoms with Crippen molar-refractivity contribution in [3.05, 3.63) is 57.4 Å². The second-order valence-corrected chi connectivity index (χ2v) is 6.19. The molecule has 2 N–H and O–H groups in total. The predicted molar refractivity (Wildman–Crippen MR) is 102 cm³/mol. The number of anilines is 1. The van der Waals surface area contributed by atoms with E-state index in [1.54, 1.807) is 23.7 Å². The third kappa shape index (κ3) is 3.86. The van der Waals surface area contributed by atoms with Gasteiger partial charge in [-0.15, -0.1) is 0 Å². The van der Waals surface area contributed by atoms with Crippen LogP contribution in [0.1, 0.15) is 21.7 Å². The molecule has 9 nitrogen and oxygen atoms in total. The number of hydrogen-bond acceptors (Lipinski definition) is 6. The van der Waals surface area contributed by atoms with Crippen molar-refractivity contribution in [2.45, 2.75) is 13.8 Å². The summed E-state index contributed by atoms with van der Waals surface area (Å²) in [5, 5.41) is 21.8. The average molecular weight is 368 g/mol. The number of nitrogens with one attached hydrogen (secondary N) is 2. The summed E-state index contributed by atoms with van der Waals surface area (Å²) in [7, 11) is 1.82. The molecule has 0 atom stereocenters. The molecule has 140 valence electrons. The molecule has 2 aromatic heterocycles. The zero-order valence-electron chi connectivity index (χ0n) is 15.3. The highest BCUT2D eigenvalue weighted by atomic mass is 16.6. The van der Waals surface area contributed by atoms with Crippen molar-refractivity contribution in [1.82, 2.24) is 20.1 Å². The molecule has 1 amide bonds. The van der Waals surface area contributed by atoms with Gasteiger partial charge in [-0.05, 0) is 32.0 Å². The molecule has 9 heteroatoms. The van der Waals surface area contributed by atoms with Crippen LogP contribution in [0, 0.1) is 24.0 Å². The highest BCUT2D eigenvalue weighted by Crippen LogP contribution is 2.19. The highest BCUT2D eigenvalue weighted by Gasteiger charge is 2.15. The van der Waals surface area contributed by atoms with Crippen LogP contribution in [0.25, 0.3) is 11.0 Å². The van der Waals surface area contributed by atoms with Crippen molar-refractivity contribution in [1.29, 1.82) is 0 Å². The number of carbonyl (C=O) groups excluding carboxylic acids is 1. The first-order valence-electron chi connectivity index (χ1n) is 8.44. The van der Waals surface area contributed by atoms with Gasteiger partial charge >= 0.3 is 0 Å². The maximum absolute atomic E-state index is 12.5. The van der Waals surface area contributed by atoms with Crippen molar-refractivity contribution in [3.63, 3.8) is 0 Å². The van der Waals surface area contributed by atoms with Gasteiger partial charge in [0.05, 0.1) is 21.9 Å². The van der Waals surface area contributed by atoms with Gasteiger partial charge in [0, 0.05) is 43.3 Å². The molecule has 27 heavy (non-hydrogen) atoms. The minimum Gasteiger partial charge on any atom is -0.383 e. The SMILES string of the molecule is Cc1nc2c(cc1C(=O)NCCNc1ccc([N+](=O)[O-])cc1)c(C)nn2C. The van der Waals surface area contributed by atoms with Crippen LogP contribution >= 0.6 is 0 Å². The van der Waals surface area contributed by atoms with Crippen molar-refractivity contribution in [2.24, 2.45) is 7.05 Å². The minimum absolute atomic E-state index is 0.0397. The van der Waals surface area contributed by atoms with Gasteiger partial charge in [-0.1, -0.05) is 0 Å². The molecule has 0 spiro atoms. The molecule has 0 fully saturated rings. The van der Waals surface area contributed by atoms with E-state index in [0.717, 1.165) is 22.4 Å². The van der Waals surface area contributed by atoms with Crippen LogP contribution in [0.15, 0.2) is 30.3 Å². The molecule has 0 unspecified atom stereocenters. The molecule has 0 aliphatic rings. The number of non-ortho nitro benzene ring substituents is 1. The molecule has 3 rings (SSSR count). The van der Waals surface area contributed by atoms with Gasteiger partial charge in [0.15, 0.2) is 5.65 Å². The van der Waals surface area contributed by atoms with Gasteiger partial charge in [-0.3, -0.25) is 19.6 Å². The fraction of sp³-hybridized carbons (Fsp3) is 0.278. The van der Waals surface area contributed by atoms with Gasteiger partial charge in [0.1, 0.15) is 0 Å². The van der Waals surface area contributed by atoms with Crippen molar-refractivity contribution in [2.75, 3.05) is 18.4 Å². The van der Waals surface area contributed by atoms with Gasteiger partial charge in [-0.2, -0.15) is 5.10 Å². The molecule has 0 aliphatic heterocycles. The summed E-state index contributed by atoms with van der Waals surface area (Å²) in [6.45, 7) is 4.57. The van der Waals surface area contributed by atoms with Crippen LogP contribution in [-0.2, 0) is 7.05 Å². The van der Waals surface area contributed by atoms with Gasteiger partial charge in [-0.25, -0.2) is 4.98 Å². The summed E-state index contributed by atoms with van der Waals surface area (Å²) in [5.74, 6) is -0.198. The van der Waals surface area contributed by atoms with Crippen LogP contribution in [0.4, 0.5) is 11.4 Å². The van der Waals surface area contributed by atoms with E-state index in [1.807, 2.05) is 20.0 Å². The number of fused-ring (bicyclic) bond motifs is 1. The molecule has 0 aliphatic carbocycles. The molecule has 0 saturated carbocycles. The van der Waals surface area contributed by atoms with Crippen molar-refractivity contribution < 1.29 is 9.72 Å². The number of aromatic nitrogens is 3. The maximum atomic E-state index is 12.5. The summed E-state index contributed by atoms with van der Waals surface area (Å²) in [6.07, 6.45) is 0. The number of aryl methyl sites for hydroxylation is 3. The van der Waals surface area contributed by atoms with E-state index in [1.165, 1.54) is 12.1 Å². The number of carbonyl (C=O) groups is 1. The van der Waals surface area contributed by atoms with E-state index in [4.69, 9.17) is 0 Å². The third-order valence-corrected chi connectivity index (χ3v) is 4.25. The van der Waals surface area contributed by atoms with Crippen LogP contribution in [0.3, 0.4) is 0 Å². The van der Waals surface area contributed by atoms with Crippen molar-refractivity contribution >= 4 is 28.3 Å². The standard InChI is InChI=1S/C18H20N6O3/c1-11-16(10-15-12(2)22-23(3)17(15)21-11)18(25)20-9-8-19-13-4-6-14(7-5-13)24(26)27/h4-7,10,19H,8-9H2,1-3H3,(H,20,25). The van der Waals surface area contributed by atoms with Gasteiger partial charge < -0.3 is 10.6 Å². The van der Waals surface area contributed by atoms with E-state index in [-0.39, 0.29) is 11.6 Å². The maximum Gasteiger partial charge on any atom is 0.269 e. The monoisotopic (exact) mass is 368 g/mol. The number of nitrogens with zero attached hydrogens (tertiary/aromatic N) is 4. The predicted octanol–water partition coefficient (Wildman–Crippen LogP) is 2.34. The van der Waals surface area contributed by atoms with E-state index in [0.29, 0.717) is 24.3 Å². The first-order chi connectivity index (χ1) is 12.9. The number of pyridine rings is 1. The first kappa shape index (κ1) is 18.3. The average Bonchev–Trinajstić information content (AvgIpc) is 2.91. The normalized spacial score (nSPS) is 10.8. The molecular formula is C18H20N6O3. The van der Waals surface area contributed by atoms with E-state index in [9.17, 15) is 14.9 Å². The second-order valence-electron chi connectivity index (χ2n) is 6.19. The summed E-state index contributed by atoms with van der Waals surface area (Å²) >= 11 is 0. The third-order valence-electron chi connectivity index (χ3n) is 4.25. The highest BCUT2D eigenvalue weighted by molar-refractivity contribution is 5.98. The lowest BCUT2D eigenvalue weighted by atomic mass is 10.1. The first-order valence-corrected chi connectivity index (χ1v) is 8.44. The minimum atomic E-state index is -0.443. The van der Waals surface area contributed by atoms with Crippen LogP contribution in [0.5, 0.6) is 0 Å². The fourth-order valence-electron chi connectivity index (χ4n) is 2.84. The Bertz CT molecular complexity index is 1010. The number of hydrogen-bond donors (Lipinski definition) is 2. The van der Waals surface area contributed by atoms with Crippen molar-refractivity contribution in [3.8, 4) is 0 Å². The quantitative estimate of drug-likeness (QED) is 0.392. The number of nitro groups is 1. The Labute approximate surface area is 155 Å². The Kier molecular flexibility index (Phi) is 5.02. The molecule has 0 radical (unpaired) electrons. The van der Waals surface area contributed by atoms with E-state index >= 15 is 0 Å².